The second-order valence-electron chi connectivity index (χ2n) is 7.33. The minimum absolute atomic E-state index is 0.0267. The molecule has 0 unspecified atom stereocenters. The summed E-state index contributed by atoms with van der Waals surface area (Å²) >= 11 is 1.12. The zero-order chi connectivity index (χ0) is 24.2. The molecular weight excluding hydrogens is 473 g/mol. The number of amides is 2. The summed E-state index contributed by atoms with van der Waals surface area (Å²) in [7, 11) is 0. The lowest BCUT2D eigenvalue weighted by atomic mass is 10.2. The van der Waals surface area contributed by atoms with Crippen LogP contribution in [0.3, 0.4) is 0 Å². The summed E-state index contributed by atoms with van der Waals surface area (Å²) in [6.07, 6.45) is 4.71. The number of carbonyl (C=O) groups is 2. The number of rotatable bonds is 7. The Morgan fingerprint density at radius 3 is 2.66 bits per heavy atom. The van der Waals surface area contributed by atoms with E-state index in [-0.39, 0.29) is 35.4 Å². The summed E-state index contributed by atoms with van der Waals surface area (Å²) in [4.78, 5) is 29.5. The third-order valence-corrected chi connectivity index (χ3v) is 5.97. The number of hydrogen-bond acceptors (Lipinski definition) is 7. The molecule has 0 radical (unpaired) electrons. The van der Waals surface area contributed by atoms with E-state index in [1.165, 1.54) is 23.0 Å². The van der Waals surface area contributed by atoms with Crippen molar-refractivity contribution < 1.29 is 23.5 Å². The van der Waals surface area contributed by atoms with Crippen LogP contribution in [-0.2, 0) is 4.79 Å². The third kappa shape index (κ3) is 5.09. The Labute approximate surface area is 203 Å². The fraction of sp³-hybridized carbons (Fsp3) is 0.0833. The van der Waals surface area contributed by atoms with Crippen molar-refractivity contribution in [2.75, 3.05) is 23.2 Å². The molecule has 5 rings (SSSR count). The van der Waals surface area contributed by atoms with Gasteiger partial charge >= 0.3 is 0 Å². The van der Waals surface area contributed by atoms with E-state index < -0.39 is 11.7 Å². The van der Waals surface area contributed by atoms with E-state index in [2.05, 4.69) is 20.7 Å². The molecule has 2 aromatic heterocycles. The van der Waals surface area contributed by atoms with Gasteiger partial charge in [0.05, 0.1) is 11.3 Å². The molecule has 0 fully saturated rings. The summed E-state index contributed by atoms with van der Waals surface area (Å²) in [6.45, 7) is 0.147. The molecule has 0 saturated heterocycles. The number of fused-ring (bicyclic) bond motifs is 1. The summed E-state index contributed by atoms with van der Waals surface area (Å²) in [5.41, 5.74) is 1.38. The van der Waals surface area contributed by atoms with E-state index in [1.807, 2.05) is 0 Å². The van der Waals surface area contributed by atoms with Gasteiger partial charge in [0.2, 0.25) is 12.7 Å². The van der Waals surface area contributed by atoms with Gasteiger partial charge in [0, 0.05) is 36.0 Å². The Hall–Kier alpha value is -4.38. The van der Waals surface area contributed by atoms with Gasteiger partial charge in [-0.05, 0) is 48.5 Å². The van der Waals surface area contributed by atoms with Gasteiger partial charge < -0.3 is 20.1 Å². The van der Waals surface area contributed by atoms with E-state index in [1.54, 1.807) is 54.9 Å². The number of nitrogens with zero attached hydrogens (tertiary/aromatic N) is 3. The lowest BCUT2D eigenvalue weighted by Gasteiger charge is -2.11. The van der Waals surface area contributed by atoms with E-state index in [0.29, 0.717) is 22.2 Å². The van der Waals surface area contributed by atoms with Crippen LogP contribution in [0.4, 0.5) is 15.8 Å². The molecule has 4 aromatic rings. The lowest BCUT2D eigenvalue weighted by molar-refractivity contribution is -0.113. The van der Waals surface area contributed by atoms with Crippen molar-refractivity contribution in [3.8, 4) is 17.2 Å². The van der Waals surface area contributed by atoms with E-state index in [4.69, 9.17) is 9.47 Å². The summed E-state index contributed by atoms with van der Waals surface area (Å²) < 4.78 is 26.5. The second kappa shape index (κ2) is 9.85. The zero-order valence-electron chi connectivity index (χ0n) is 18.1. The van der Waals surface area contributed by atoms with Crippen LogP contribution in [0.15, 0.2) is 78.2 Å². The van der Waals surface area contributed by atoms with E-state index in [9.17, 15) is 14.0 Å². The van der Waals surface area contributed by atoms with Crippen LogP contribution >= 0.6 is 11.8 Å². The number of aromatic nitrogens is 3. The quantitative estimate of drug-likeness (QED) is 0.375. The topological polar surface area (TPSA) is 107 Å². The van der Waals surface area contributed by atoms with E-state index >= 15 is 0 Å². The number of nitrogens with one attached hydrogen (secondary N) is 2. The van der Waals surface area contributed by atoms with Crippen molar-refractivity contribution in [1.29, 1.82) is 0 Å². The molecule has 2 amide bonds. The monoisotopic (exact) mass is 491 g/mol. The Morgan fingerprint density at radius 1 is 1.00 bits per heavy atom. The van der Waals surface area contributed by atoms with Crippen molar-refractivity contribution in [3.63, 3.8) is 0 Å². The highest BCUT2D eigenvalue weighted by molar-refractivity contribution is 8.00. The summed E-state index contributed by atoms with van der Waals surface area (Å²) in [5.74, 6) is -0.0675. The molecule has 9 nitrogen and oxygen atoms in total. The molecule has 0 spiro atoms. The van der Waals surface area contributed by atoms with Crippen molar-refractivity contribution >= 4 is 35.0 Å². The van der Waals surface area contributed by atoms with Gasteiger partial charge in [-0.25, -0.2) is 14.1 Å². The highest BCUT2D eigenvalue weighted by atomic mass is 32.2. The number of ether oxygens (including phenoxy) is 2. The molecule has 2 aromatic carbocycles. The number of benzene rings is 2. The molecule has 0 atom stereocenters. The van der Waals surface area contributed by atoms with Crippen LogP contribution in [0.2, 0.25) is 0 Å². The zero-order valence-corrected chi connectivity index (χ0v) is 18.9. The average molecular weight is 492 g/mol. The number of thioether (sulfide) groups is 1. The minimum Gasteiger partial charge on any atom is -0.454 e. The molecule has 0 saturated carbocycles. The number of pyridine rings is 1. The van der Waals surface area contributed by atoms with Crippen LogP contribution in [0.25, 0.3) is 5.69 Å². The van der Waals surface area contributed by atoms with Crippen LogP contribution in [0.1, 0.15) is 10.4 Å². The summed E-state index contributed by atoms with van der Waals surface area (Å²) in [5, 5.41) is 9.84. The number of hydrogen-bond donors (Lipinski definition) is 2. The Bertz CT molecular complexity index is 1400. The predicted molar refractivity (Wildman–Crippen MR) is 128 cm³/mol. The smallest absolute Gasteiger partial charge is 0.258 e. The fourth-order valence-electron chi connectivity index (χ4n) is 3.36. The maximum absolute atomic E-state index is 14.5. The molecule has 1 aliphatic rings. The second-order valence-corrected chi connectivity index (χ2v) is 8.30. The van der Waals surface area contributed by atoms with E-state index in [0.717, 1.165) is 11.8 Å². The van der Waals surface area contributed by atoms with Gasteiger partial charge in [-0.15, -0.1) is 0 Å². The largest absolute Gasteiger partial charge is 0.454 e. The first-order valence-electron chi connectivity index (χ1n) is 10.4. The van der Waals surface area contributed by atoms with Gasteiger partial charge in [0.1, 0.15) is 10.7 Å². The Balaban J connectivity index is 1.23. The number of anilines is 2. The first-order valence-corrected chi connectivity index (χ1v) is 11.4. The van der Waals surface area contributed by atoms with Crippen LogP contribution < -0.4 is 20.1 Å². The standard InChI is InChI=1S/C24H18FN5O4S/c25-18-11-15(4-6-19(18)30-10-2-9-27-30)29-23(32)17-3-1-8-26-24(17)35-13-22(31)28-16-5-7-20-21(12-16)34-14-33-20/h1-12H,13-14H2,(H,28,31)(H,29,32). The Kier molecular flexibility index (Phi) is 6.31. The average Bonchev–Trinajstić information content (AvgIpc) is 3.55. The van der Waals surface area contributed by atoms with Crippen LogP contribution in [0, 0.1) is 5.82 Å². The molecule has 35 heavy (non-hydrogen) atoms. The first-order chi connectivity index (χ1) is 17.1. The number of halogens is 1. The fourth-order valence-corrected chi connectivity index (χ4v) is 4.16. The number of carbonyl (C=O) groups excluding carboxylic acids is 2. The summed E-state index contributed by atoms with van der Waals surface area (Å²) in [6, 6.07) is 14.3. The minimum atomic E-state index is -0.535. The van der Waals surface area contributed by atoms with Gasteiger partial charge in [-0.2, -0.15) is 5.10 Å². The van der Waals surface area contributed by atoms with Crippen molar-refractivity contribution in [2.45, 2.75) is 5.03 Å². The molecule has 11 heteroatoms. The molecule has 3 heterocycles. The van der Waals surface area contributed by atoms with Crippen LogP contribution in [0.5, 0.6) is 11.5 Å². The molecule has 1 aliphatic heterocycles. The van der Waals surface area contributed by atoms with Gasteiger partial charge in [-0.3, -0.25) is 9.59 Å². The maximum Gasteiger partial charge on any atom is 0.258 e. The molecule has 0 aliphatic carbocycles. The van der Waals surface area contributed by atoms with Gasteiger partial charge in [0.25, 0.3) is 5.91 Å². The maximum atomic E-state index is 14.5. The molecule has 0 bridgehead atoms. The normalized spacial score (nSPS) is 11.8. The molecular formula is C24H18FN5O4S. The third-order valence-electron chi connectivity index (χ3n) is 4.97. The van der Waals surface area contributed by atoms with Crippen molar-refractivity contribution in [1.82, 2.24) is 14.8 Å². The highest BCUT2D eigenvalue weighted by Gasteiger charge is 2.17. The predicted octanol–water partition coefficient (Wildman–Crippen LogP) is 4.12. The SMILES string of the molecule is O=C(CSc1ncccc1C(=O)Nc1ccc(-n2cccn2)c(F)c1)Nc1ccc2c(c1)OCO2. The highest BCUT2D eigenvalue weighted by Crippen LogP contribution is 2.34. The lowest BCUT2D eigenvalue weighted by Crippen LogP contribution is -2.16. The Morgan fingerprint density at radius 2 is 1.83 bits per heavy atom. The van der Waals surface area contributed by atoms with Crippen molar-refractivity contribution in [2.24, 2.45) is 0 Å². The van der Waals surface area contributed by atoms with Gasteiger partial charge in [-0.1, -0.05) is 11.8 Å². The molecule has 176 valence electrons. The van der Waals surface area contributed by atoms with Crippen LogP contribution in [-0.4, -0.2) is 39.1 Å². The molecule has 2 N–H and O–H groups in total. The van der Waals surface area contributed by atoms with Crippen molar-refractivity contribution in [3.05, 3.63) is 84.6 Å². The van der Waals surface area contributed by atoms with Gasteiger partial charge in [0.15, 0.2) is 17.3 Å². The first kappa shape index (κ1) is 22.4.